The van der Waals surface area contributed by atoms with Crippen molar-refractivity contribution in [1.29, 1.82) is 0 Å². The van der Waals surface area contributed by atoms with E-state index in [4.69, 9.17) is 9.47 Å². The third-order valence-electron chi connectivity index (χ3n) is 11.4. The molecule has 0 aromatic heterocycles. The van der Waals surface area contributed by atoms with E-state index in [1.165, 1.54) is 0 Å². The van der Waals surface area contributed by atoms with Crippen LogP contribution in [-0.2, 0) is 19.1 Å². The molecular formula is C28H36O6. The highest BCUT2D eigenvalue weighted by Crippen LogP contribution is 2.74. The third-order valence-corrected chi connectivity index (χ3v) is 11.4. The summed E-state index contributed by atoms with van der Waals surface area (Å²) >= 11 is 0. The van der Waals surface area contributed by atoms with Gasteiger partial charge in [0.25, 0.3) is 0 Å². The Bertz CT molecular complexity index is 1100. The number of aliphatic hydroxyl groups is 2. The van der Waals surface area contributed by atoms with Gasteiger partial charge in [-0.2, -0.15) is 0 Å². The molecule has 0 radical (unpaired) electrons. The number of ether oxygens (including phenoxy) is 2. The minimum atomic E-state index is -1.73. The standard InChI is InChI=1S/C28H36O6/c1-15-13-27(33-23(30)16(15)2)17(3)26(31)12-11-20-19-10-9-18-7-6-8-22(29)24(18,4)21(19)14-28(32,34-27)25(20,26)5/h6,8-9,17,19-21,31-32H,7,10-14H2,1-5H3/t17-,19?,20?,21?,24-,25-,26+,27+,28-/m0/s1. The van der Waals surface area contributed by atoms with Crippen LogP contribution < -0.4 is 0 Å². The number of hydrogen-bond donors (Lipinski definition) is 2. The lowest BCUT2D eigenvalue weighted by atomic mass is 9.43. The minimum Gasteiger partial charge on any atom is -0.429 e. The molecule has 34 heavy (non-hydrogen) atoms. The maximum Gasteiger partial charge on any atom is 0.336 e. The summed E-state index contributed by atoms with van der Waals surface area (Å²) in [6.45, 7) is 9.51. The third kappa shape index (κ3) is 2.29. The largest absolute Gasteiger partial charge is 0.429 e. The lowest BCUT2D eigenvalue weighted by molar-refractivity contribution is -0.469. The van der Waals surface area contributed by atoms with Crippen LogP contribution in [0.15, 0.2) is 34.9 Å². The Morgan fingerprint density at radius 1 is 1.12 bits per heavy atom. The van der Waals surface area contributed by atoms with Gasteiger partial charge in [0.05, 0.1) is 22.3 Å². The van der Waals surface area contributed by atoms with Crippen LogP contribution in [0.5, 0.6) is 0 Å². The first-order valence-electron chi connectivity index (χ1n) is 12.8. The van der Waals surface area contributed by atoms with Gasteiger partial charge in [0.1, 0.15) is 0 Å². The van der Waals surface area contributed by atoms with Crippen molar-refractivity contribution in [2.24, 2.45) is 34.5 Å². The molecule has 3 fully saturated rings. The fourth-order valence-corrected chi connectivity index (χ4v) is 9.04. The smallest absolute Gasteiger partial charge is 0.336 e. The van der Waals surface area contributed by atoms with Crippen LogP contribution in [0.2, 0.25) is 0 Å². The van der Waals surface area contributed by atoms with Gasteiger partial charge < -0.3 is 19.7 Å². The van der Waals surface area contributed by atoms with E-state index in [0.29, 0.717) is 18.4 Å². The summed E-state index contributed by atoms with van der Waals surface area (Å²) in [5.41, 5.74) is -0.356. The number of allylic oxidation sites excluding steroid dienone is 4. The second-order valence-electron chi connectivity index (χ2n) is 12.3. The number of carbonyl (C=O) groups is 2. The zero-order valence-corrected chi connectivity index (χ0v) is 20.8. The van der Waals surface area contributed by atoms with E-state index in [9.17, 15) is 19.8 Å². The van der Waals surface area contributed by atoms with Crippen LogP contribution in [-0.4, -0.2) is 39.1 Å². The maximum atomic E-state index is 13.3. The predicted octanol–water partition coefficient (Wildman–Crippen LogP) is 3.97. The quantitative estimate of drug-likeness (QED) is 0.413. The van der Waals surface area contributed by atoms with E-state index >= 15 is 0 Å². The topological polar surface area (TPSA) is 93.1 Å². The summed E-state index contributed by atoms with van der Waals surface area (Å²) in [6, 6.07) is 0. The molecule has 1 spiro atoms. The van der Waals surface area contributed by atoms with Gasteiger partial charge in [-0.15, -0.1) is 0 Å². The Labute approximate surface area is 201 Å². The summed E-state index contributed by atoms with van der Waals surface area (Å²) in [6.07, 6.45) is 9.24. The average Bonchev–Trinajstić information content (AvgIpc) is 3.06. The summed E-state index contributed by atoms with van der Waals surface area (Å²) in [4.78, 5) is 26.1. The first-order valence-corrected chi connectivity index (χ1v) is 12.8. The van der Waals surface area contributed by atoms with Crippen LogP contribution in [0.25, 0.3) is 0 Å². The van der Waals surface area contributed by atoms with Gasteiger partial charge in [-0.25, -0.2) is 4.79 Å². The average molecular weight is 469 g/mol. The number of fused-ring (bicyclic) bond motifs is 4. The lowest BCUT2D eigenvalue weighted by Crippen LogP contribution is -2.78. The molecule has 2 N–H and O–H groups in total. The van der Waals surface area contributed by atoms with Crippen molar-refractivity contribution in [3.63, 3.8) is 0 Å². The Kier molecular flexibility index (Phi) is 4.34. The molecule has 2 aliphatic heterocycles. The van der Waals surface area contributed by atoms with Crippen LogP contribution >= 0.6 is 0 Å². The van der Waals surface area contributed by atoms with Crippen LogP contribution in [0, 0.1) is 34.5 Å². The highest BCUT2D eigenvalue weighted by Gasteiger charge is 2.81. The van der Waals surface area contributed by atoms with Crippen molar-refractivity contribution in [3.05, 3.63) is 34.9 Å². The number of ketones is 1. The number of hydrogen-bond acceptors (Lipinski definition) is 6. The molecule has 0 aromatic rings. The summed E-state index contributed by atoms with van der Waals surface area (Å²) < 4.78 is 12.6. The predicted molar refractivity (Wildman–Crippen MR) is 124 cm³/mol. The van der Waals surface area contributed by atoms with Gasteiger partial charge in [0.2, 0.25) is 5.79 Å². The Balaban J connectivity index is 1.51. The number of esters is 1. The second-order valence-corrected chi connectivity index (χ2v) is 12.3. The zero-order chi connectivity index (χ0) is 24.5. The van der Waals surface area contributed by atoms with E-state index in [1.807, 2.05) is 33.8 Å². The van der Waals surface area contributed by atoms with E-state index in [-0.39, 0.29) is 30.0 Å². The molecule has 3 unspecified atom stereocenters. The molecule has 2 heterocycles. The van der Waals surface area contributed by atoms with Crippen molar-refractivity contribution >= 4 is 11.8 Å². The van der Waals surface area contributed by atoms with Crippen molar-refractivity contribution in [2.75, 3.05) is 0 Å². The van der Waals surface area contributed by atoms with E-state index in [1.54, 1.807) is 13.0 Å². The highest BCUT2D eigenvalue weighted by molar-refractivity contribution is 5.98. The molecule has 9 atom stereocenters. The van der Waals surface area contributed by atoms with Crippen molar-refractivity contribution < 1.29 is 29.3 Å². The second kappa shape index (κ2) is 6.51. The van der Waals surface area contributed by atoms with E-state index in [2.05, 4.69) is 6.08 Å². The zero-order valence-electron chi connectivity index (χ0n) is 20.8. The number of rotatable bonds is 0. The van der Waals surface area contributed by atoms with Gasteiger partial charge in [-0.1, -0.05) is 37.1 Å². The molecule has 1 saturated heterocycles. The normalized spacial score (nSPS) is 53.8. The van der Waals surface area contributed by atoms with Crippen molar-refractivity contribution in [1.82, 2.24) is 0 Å². The van der Waals surface area contributed by atoms with Crippen molar-refractivity contribution in [2.45, 2.75) is 90.3 Å². The minimum absolute atomic E-state index is 0.00736. The lowest BCUT2D eigenvalue weighted by Gasteiger charge is -2.69. The monoisotopic (exact) mass is 468 g/mol. The molecule has 6 rings (SSSR count). The molecule has 6 heteroatoms. The molecule has 0 aromatic carbocycles. The van der Waals surface area contributed by atoms with Crippen LogP contribution in [0.1, 0.15) is 73.1 Å². The van der Waals surface area contributed by atoms with E-state index < -0.39 is 39.9 Å². The summed E-state index contributed by atoms with van der Waals surface area (Å²) in [7, 11) is 0. The molecule has 0 bridgehead atoms. The van der Waals surface area contributed by atoms with Gasteiger partial charge in [0.15, 0.2) is 11.6 Å². The van der Waals surface area contributed by atoms with Gasteiger partial charge >= 0.3 is 5.97 Å². The molecule has 2 saturated carbocycles. The molecular weight excluding hydrogens is 432 g/mol. The Morgan fingerprint density at radius 2 is 1.85 bits per heavy atom. The van der Waals surface area contributed by atoms with Crippen LogP contribution in [0.3, 0.4) is 0 Å². The molecule has 6 nitrogen and oxygen atoms in total. The van der Waals surface area contributed by atoms with Gasteiger partial charge in [-0.3, -0.25) is 4.79 Å². The Morgan fingerprint density at radius 3 is 2.56 bits per heavy atom. The van der Waals surface area contributed by atoms with E-state index in [0.717, 1.165) is 30.4 Å². The fourth-order valence-electron chi connectivity index (χ4n) is 9.04. The SMILES string of the molecule is CC1=C(C)C(=O)O[C@]2(C1)O[C@@]1(O)CC3C(CC=C4CC=CC(=O)[C@@]43C)C3CC[C@@](O)([C@@H]2C)[C@]31C. The van der Waals surface area contributed by atoms with Gasteiger partial charge in [0, 0.05) is 18.4 Å². The van der Waals surface area contributed by atoms with Gasteiger partial charge in [-0.05, 0) is 70.3 Å². The molecule has 4 aliphatic carbocycles. The Hall–Kier alpha value is -1.76. The molecule has 0 amide bonds. The van der Waals surface area contributed by atoms with Crippen molar-refractivity contribution in [3.8, 4) is 0 Å². The fraction of sp³-hybridized carbons (Fsp3) is 0.714. The summed E-state index contributed by atoms with van der Waals surface area (Å²) in [5.74, 6) is -4.00. The first kappa shape index (κ1) is 22.7. The summed E-state index contributed by atoms with van der Waals surface area (Å²) in [5, 5.41) is 24.8. The molecule has 184 valence electrons. The maximum absolute atomic E-state index is 13.3. The molecule has 6 aliphatic rings. The number of carbonyl (C=O) groups excluding carboxylic acids is 2. The first-order chi connectivity index (χ1) is 15.8. The van der Waals surface area contributed by atoms with Crippen LogP contribution in [0.4, 0.5) is 0 Å². The highest BCUT2D eigenvalue weighted by atomic mass is 16.8.